The standard InChI is InChI=1S/C24H25N5O4S3/c1-14-21(36(25,32)33)34-22(26-14)29-13-16(24(2,3)31)12-28(23(29)30)17-10-8-15(9-11-17)20-18-6-4-5-7-19(18)27-35-20/h4-11,16,31H,12-13H2,1-3H3,(H2,25,32,33). The van der Waals surface area contributed by atoms with E-state index < -0.39 is 15.6 Å². The number of primary sulfonamides is 1. The molecular formula is C24H25N5O4S3. The summed E-state index contributed by atoms with van der Waals surface area (Å²) in [6.07, 6.45) is 0. The molecule has 5 rings (SSSR count). The lowest BCUT2D eigenvalue weighted by molar-refractivity contribution is 0.0217. The number of thiazole rings is 1. The smallest absolute Gasteiger partial charge is 0.330 e. The molecule has 2 aromatic heterocycles. The summed E-state index contributed by atoms with van der Waals surface area (Å²) in [4.78, 5) is 22.0. The Morgan fingerprint density at radius 1 is 1.08 bits per heavy atom. The highest BCUT2D eigenvalue weighted by molar-refractivity contribution is 7.91. The Bertz CT molecular complexity index is 1550. The zero-order valence-electron chi connectivity index (χ0n) is 19.9. The van der Waals surface area contributed by atoms with Crippen LogP contribution in [0.4, 0.5) is 15.6 Å². The minimum absolute atomic E-state index is 0.0802. The molecule has 1 aliphatic heterocycles. The predicted octanol–water partition coefficient (Wildman–Crippen LogP) is 4.21. The van der Waals surface area contributed by atoms with Crippen molar-refractivity contribution in [2.24, 2.45) is 11.1 Å². The molecule has 1 saturated heterocycles. The van der Waals surface area contributed by atoms with E-state index in [4.69, 9.17) is 5.14 Å². The van der Waals surface area contributed by atoms with Gasteiger partial charge in [0.25, 0.3) is 0 Å². The number of hydrogen-bond acceptors (Lipinski definition) is 8. The number of carbonyl (C=O) groups is 1. The van der Waals surface area contributed by atoms with Crippen LogP contribution < -0.4 is 14.9 Å². The van der Waals surface area contributed by atoms with Gasteiger partial charge in [0.2, 0.25) is 10.0 Å². The van der Waals surface area contributed by atoms with E-state index in [1.54, 1.807) is 25.7 Å². The van der Waals surface area contributed by atoms with Crippen molar-refractivity contribution in [3.05, 3.63) is 54.2 Å². The number of aliphatic hydroxyl groups is 1. The van der Waals surface area contributed by atoms with Crippen molar-refractivity contribution in [3.63, 3.8) is 0 Å². The molecular weight excluding hydrogens is 518 g/mol. The van der Waals surface area contributed by atoms with Gasteiger partial charge in [-0.25, -0.2) is 23.3 Å². The highest BCUT2D eigenvalue weighted by atomic mass is 32.2. The number of rotatable bonds is 5. The van der Waals surface area contributed by atoms with E-state index in [-0.39, 0.29) is 33.5 Å². The van der Waals surface area contributed by atoms with E-state index in [9.17, 15) is 18.3 Å². The molecule has 36 heavy (non-hydrogen) atoms. The van der Waals surface area contributed by atoms with E-state index >= 15 is 0 Å². The maximum atomic E-state index is 13.6. The van der Waals surface area contributed by atoms with Crippen molar-refractivity contribution in [3.8, 4) is 10.4 Å². The highest BCUT2D eigenvalue weighted by Gasteiger charge is 2.41. The predicted molar refractivity (Wildman–Crippen MR) is 143 cm³/mol. The van der Waals surface area contributed by atoms with Gasteiger partial charge in [0.15, 0.2) is 9.34 Å². The average molecular weight is 544 g/mol. The normalized spacial score (nSPS) is 17.2. The highest BCUT2D eigenvalue weighted by Crippen LogP contribution is 2.37. The second-order valence-electron chi connectivity index (χ2n) is 9.34. The second-order valence-corrected chi connectivity index (χ2v) is 12.9. The van der Waals surface area contributed by atoms with E-state index in [2.05, 4.69) is 9.36 Å². The van der Waals surface area contributed by atoms with Gasteiger partial charge >= 0.3 is 6.03 Å². The molecule has 2 amide bonds. The number of aryl methyl sites for hydroxylation is 1. The van der Waals surface area contributed by atoms with Crippen LogP contribution in [0.1, 0.15) is 19.5 Å². The quantitative estimate of drug-likeness (QED) is 0.388. The minimum atomic E-state index is -3.97. The van der Waals surface area contributed by atoms with E-state index in [1.807, 2.05) is 48.5 Å². The van der Waals surface area contributed by atoms with Crippen molar-refractivity contribution in [2.45, 2.75) is 30.6 Å². The maximum absolute atomic E-state index is 13.6. The first kappa shape index (κ1) is 24.8. The number of fused-ring (bicyclic) bond motifs is 1. The van der Waals surface area contributed by atoms with Gasteiger partial charge in [-0.05, 0) is 56.1 Å². The molecule has 1 aliphatic rings. The van der Waals surface area contributed by atoms with Crippen molar-refractivity contribution in [2.75, 3.05) is 22.9 Å². The maximum Gasteiger partial charge on any atom is 0.330 e. The fourth-order valence-electron chi connectivity index (χ4n) is 4.26. The zero-order valence-corrected chi connectivity index (χ0v) is 22.3. The summed E-state index contributed by atoms with van der Waals surface area (Å²) in [6, 6.07) is 15.2. The Morgan fingerprint density at radius 3 is 2.39 bits per heavy atom. The summed E-state index contributed by atoms with van der Waals surface area (Å²) in [6.45, 7) is 5.44. The van der Waals surface area contributed by atoms with Crippen molar-refractivity contribution >= 4 is 60.6 Å². The molecule has 1 unspecified atom stereocenters. The molecule has 0 saturated carbocycles. The third-order valence-corrected chi connectivity index (χ3v) is 9.98. The first-order chi connectivity index (χ1) is 16.9. The molecule has 0 bridgehead atoms. The minimum Gasteiger partial charge on any atom is -0.390 e. The van der Waals surface area contributed by atoms with E-state index in [0.717, 1.165) is 32.7 Å². The van der Waals surface area contributed by atoms with Gasteiger partial charge in [-0.1, -0.05) is 41.7 Å². The Hall–Kier alpha value is -2.90. The fourth-order valence-corrected chi connectivity index (χ4v) is 7.07. The number of urea groups is 1. The topological polar surface area (TPSA) is 130 Å². The summed E-state index contributed by atoms with van der Waals surface area (Å²) >= 11 is 2.28. The largest absolute Gasteiger partial charge is 0.390 e. The van der Waals surface area contributed by atoms with Gasteiger partial charge in [0.1, 0.15) is 0 Å². The Morgan fingerprint density at radius 2 is 1.75 bits per heavy atom. The lowest BCUT2D eigenvalue weighted by Gasteiger charge is -2.43. The first-order valence-electron chi connectivity index (χ1n) is 11.2. The van der Waals surface area contributed by atoms with Gasteiger partial charge in [0.05, 0.1) is 21.7 Å². The fraction of sp³-hybridized carbons (Fsp3) is 0.292. The molecule has 0 spiro atoms. The summed E-state index contributed by atoms with van der Waals surface area (Å²) in [5.41, 5.74) is 1.74. The molecule has 188 valence electrons. The van der Waals surface area contributed by atoms with Crippen molar-refractivity contribution < 1.29 is 18.3 Å². The third kappa shape index (κ3) is 4.50. The lowest BCUT2D eigenvalue weighted by atomic mass is 9.88. The number of amides is 2. The van der Waals surface area contributed by atoms with Crippen LogP contribution in [0.15, 0.2) is 52.7 Å². The van der Waals surface area contributed by atoms with Crippen molar-refractivity contribution in [1.29, 1.82) is 0 Å². The number of anilines is 2. The number of aromatic nitrogens is 2. The van der Waals surface area contributed by atoms with Gasteiger partial charge in [-0.3, -0.25) is 9.80 Å². The van der Waals surface area contributed by atoms with E-state index in [0.29, 0.717) is 12.2 Å². The molecule has 0 aliphatic carbocycles. The van der Waals surface area contributed by atoms with Crippen LogP contribution in [0.2, 0.25) is 0 Å². The van der Waals surface area contributed by atoms with E-state index in [1.165, 1.54) is 16.4 Å². The molecule has 2 aromatic carbocycles. The van der Waals surface area contributed by atoms with Crippen LogP contribution >= 0.6 is 22.9 Å². The van der Waals surface area contributed by atoms with Gasteiger partial charge in [-0.15, -0.1) is 0 Å². The summed E-state index contributed by atoms with van der Waals surface area (Å²) in [5, 5.41) is 17.4. The van der Waals surface area contributed by atoms with Gasteiger partial charge in [0, 0.05) is 30.1 Å². The monoisotopic (exact) mass is 543 g/mol. The molecule has 4 aromatic rings. The van der Waals surface area contributed by atoms with Crippen LogP contribution in [-0.4, -0.2) is 47.6 Å². The summed E-state index contributed by atoms with van der Waals surface area (Å²) in [7, 11) is -3.97. The average Bonchev–Trinajstić information content (AvgIpc) is 3.42. The van der Waals surface area contributed by atoms with Crippen LogP contribution in [0, 0.1) is 12.8 Å². The summed E-state index contributed by atoms with van der Waals surface area (Å²) in [5.74, 6) is -0.317. The first-order valence-corrected chi connectivity index (χ1v) is 14.3. The molecule has 12 heteroatoms. The van der Waals surface area contributed by atoms with Crippen LogP contribution in [0.3, 0.4) is 0 Å². The van der Waals surface area contributed by atoms with Gasteiger partial charge in [-0.2, -0.15) is 4.37 Å². The SMILES string of the molecule is Cc1nc(N2CC(C(C)(C)O)CN(c3ccc(-c4snc5ccccc45)cc3)C2=O)sc1S(N)(=O)=O. The number of sulfonamides is 1. The molecule has 1 fully saturated rings. The molecule has 0 radical (unpaired) electrons. The van der Waals surface area contributed by atoms with Crippen LogP contribution in [-0.2, 0) is 10.0 Å². The Kier molecular flexibility index (Phi) is 6.12. The van der Waals surface area contributed by atoms with Crippen LogP contribution in [0.25, 0.3) is 21.3 Å². The number of hydrogen-bond donors (Lipinski definition) is 2. The number of carbonyl (C=O) groups excluding carboxylic acids is 1. The van der Waals surface area contributed by atoms with Crippen LogP contribution in [0.5, 0.6) is 0 Å². The third-order valence-electron chi connectivity index (χ3n) is 6.32. The Labute approximate surface area is 217 Å². The zero-order chi connectivity index (χ0) is 25.8. The lowest BCUT2D eigenvalue weighted by Crippen LogP contribution is -2.58. The molecule has 3 heterocycles. The van der Waals surface area contributed by atoms with Gasteiger partial charge < -0.3 is 5.11 Å². The Balaban J connectivity index is 1.50. The molecule has 3 N–H and O–H groups in total. The molecule has 9 nitrogen and oxygen atoms in total. The molecule has 1 atom stereocenters. The number of benzene rings is 2. The number of nitrogens with zero attached hydrogens (tertiary/aromatic N) is 4. The van der Waals surface area contributed by atoms with Crippen molar-refractivity contribution in [1.82, 2.24) is 9.36 Å². The summed E-state index contributed by atoms with van der Waals surface area (Å²) < 4.78 is 28.3. The second kappa shape index (κ2) is 8.89. The number of nitrogens with two attached hydrogens (primary N) is 1.